The lowest BCUT2D eigenvalue weighted by atomic mass is 10.2. The number of ether oxygens (including phenoxy) is 1. The van der Waals surface area contributed by atoms with Gasteiger partial charge in [0.1, 0.15) is 11.3 Å². The van der Waals surface area contributed by atoms with Crippen molar-refractivity contribution >= 4 is 16.9 Å². The Bertz CT molecular complexity index is 942. The third-order valence-corrected chi connectivity index (χ3v) is 3.61. The minimum atomic E-state index is -0.426. The number of para-hydroxylation sites is 1. The van der Waals surface area contributed by atoms with Crippen LogP contribution in [0.25, 0.3) is 11.0 Å². The lowest BCUT2D eigenvalue weighted by molar-refractivity contribution is 0.0923. The van der Waals surface area contributed by atoms with Crippen LogP contribution in [0.5, 0.6) is 5.75 Å². The predicted octanol–water partition coefficient (Wildman–Crippen LogP) is 3.51. The Labute approximate surface area is 145 Å². The fraction of sp³-hybridized carbons (Fsp3) is 0.200. The highest BCUT2D eigenvalue weighted by molar-refractivity contribution is 5.93. The van der Waals surface area contributed by atoms with Crippen molar-refractivity contribution in [1.29, 1.82) is 0 Å². The highest BCUT2D eigenvalue weighted by Crippen LogP contribution is 2.14. The van der Waals surface area contributed by atoms with Crippen molar-refractivity contribution in [3.05, 3.63) is 76.1 Å². The van der Waals surface area contributed by atoms with Crippen LogP contribution in [0.4, 0.5) is 0 Å². The number of hydrogen-bond acceptors (Lipinski definition) is 4. The molecule has 5 heteroatoms. The second kappa shape index (κ2) is 7.21. The topological polar surface area (TPSA) is 68.5 Å². The van der Waals surface area contributed by atoms with Gasteiger partial charge in [-0.3, -0.25) is 9.59 Å². The summed E-state index contributed by atoms with van der Waals surface area (Å²) in [6, 6.07) is 15.6. The zero-order valence-corrected chi connectivity index (χ0v) is 14.1. The van der Waals surface area contributed by atoms with E-state index in [4.69, 9.17) is 9.15 Å². The van der Waals surface area contributed by atoms with Gasteiger partial charge in [-0.1, -0.05) is 24.3 Å². The van der Waals surface area contributed by atoms with E-state index in [1.807, 2.05) is 38.1 Å². The lowest BCUT2D eigenvalue weighted by Gasteiger charge is -2.10. The molecule has 0 saturated carbocycles. The van der Waals surface area contributed by atoms with Crippen LogP contribution < -0.4 is 15.5 Å². The van der Waals surface area contributed by atoms with Crippen molar-refractivity contribution in [1.82, 2.24) is 5.32 Å². The summed E-state index contributed by atoms with van der Waals surface area (Å²) in [6.45, 7) is 4.26. The van der Waals surface area contributed by atoms with Gasteiger partial charge in [-0.2, -0.15) is 0 Å². The minimum absolute atomic E-state index is 0.00320. The first-order valence-corrected chi connectivity index (χ1v) is 8.09. The molecule has 128 valence electrons. The van der Waals surface area contributed by atoms with Crippen LogP contribution in [0.3, 0.4) is 0 Å². The summed E-state index contributed by atoms with van der Waals surface area (Å²) in [5, 5.41) is 3.21. The molecule has 0 saturated heterocycles. The lowest BCUT2D eigenvalue weighted by Crippen LogP contribution is -2.24. The zero-order valence-electron chi connectivity index (χ0n) is 14.1. The van der Waals surface area contributed by atoms with Gasteiger partial charge in [0.15, 0.2) is 11.2 Å². The third-order valence-electron chi connectivity index (χ3n) is 3.61. The van der Waals surface area contributed by atoms with Crippen LogP contribution in [-0.4, -0.2) is 12.0 Å². The number of fused-ring (bicyclic) bond motifs is 1. The van der Waals surface area contributed by atoms with E-state index in [2.05, 4.69) is 5.32 Å². The first-order chi connectivity index (χ1) is 12.0. The van der Waals surface area contributed by atoms with Crippen LogP contribution in [0.15, 0.2) is 63.8 Å². The van der Waals surface area contributed by atoms with Crippen molar-refractivity contribution in [2.75, 3.05) is 0 Å². The maximum atomic E-state index is 12.3. The Morgan fingerprint density at radius 1 is 1.12 bits per heavy atom. The second-order valence-electron chi connectivity index (χ2n) is 5.96. The van der Waals surface area contributed by atoms with Gasteiger partial charge in [0, 0.05) is 12.6 Å². The highest BCUT2D eigenvalue weighted by Gasteiger charge is 2.12. The van der Waals surface area contributed by atoms with Crippen molar-refractivity contribution in [2.45, 2.75) is 26.5 Å². The number of rotatable bonds is 5. The Kier molecular flexibility index (Phi) is 4.84. The van der Waals surface area contributed by atoms with E-state index in [0.29, 0.717) is 17.5 Å². The Hall–Kier alpha value is -3.08. The molecule has 5 nitrogen and oxygen atoms in total. The molecule has 0 bridgehead atoms. The van der Waals surface area contributed by atoms with Crippen LogP contribution in [0, 0.1) is 0 Å². The van der Waals surface area contributed by atoms with E-state index in [1.165, 1.54) is 6.07 Å². The summed E-state index contributed by atoms with van der Waals surface area (Å²) in [6.07, 6.45) is 0.112. The fourth-order valence-corrected chi connectivity index (χ4v) is 2.44. The number of hydrogen-bond donors (Lipinski definition) is 1. The average molecular weight is 337 g/mol. The first-order valence-electron chi connectivity index (χ1n) is 8.09. The molecule has 2 aromatic carbocycles. The molecule has 0 fully saturated rings. The SMILES string of the molecule is CC(C)Oc1ccc(CNC(=O)c2cc(=O)c3ccccc3o2)cc1. The average Bonchev–Trinajstić information content (AvgIpc) is 2.60. The van der Waals surface area contributed by atoms with E-state index in [0.717, 1.165) is 11.3 Å². The molecule has 25 heavy (non-hydrogen) atoms. The molecule has 0 atom stereocenters. The number of carbonyl (C=O) groups excluding carboxylic acids is 1. The molecule has 1 amide bonds. The van der Waals surface area contributed by atoms with Crippen molar-refractivity contribution in [3.63, 3.8) is 0 Å². The Morgan fingerprint density at radius 2 is 1.84 bits per heavy atom. The standard InChI is InChI=1S/C20H19NO4/c1-13(2)24-15-9-7-14(8-10-15)12-21-20(23)19-11-17(22)16-5-3-4-6-18(16)25-19/h3-11,13H,12H2,1-2H3,(H,21,23). The molecule has 1 N–H and O–H groups in total. The first kappa shape index (κ1) is 16.8. The van der Waals surface area contributed by atoms with Crippen LogP contribution in [0.1, 0.15) is 30.0 Å². The zero-order chi connectivity index (χ0) is 17.8. The minimum Gasteiger partial charge on any atom is -0.491 e. The normalized spacial score (nSPS) is 10.8. The summed E-state index contributed by atoms with van der Waals surface area (Å²) in [7, 11) is 0. The quantitative estimate of drug-likeness (QED) is 0.773. The monoisotopic (exact) mass is 337 g/mol. The molecule has 0 unspecified atom stereocenters. The van der Waals surface area contributed by atoms with Gasteiger partial charge in [-0.05, 0) is 43.7 Å². The van der Waals surface area contributed by atoms with E-state index in [9.17, 15) is 9.59 Å². The number of carbonyl (C=O) groups is 1. The van der Waals surface area contributed by atoms with Gasteiger partial charge in [-0.15, -0.1) is 0 Å². The summed E-state index contributed by atoms with van der Waals surface area (Å²) in [4.78, 5) is 24.3. The van der Waals surface area contributed by atoms with Gasteiger partial charge in [0.2, 0.25) is 0 Å². The molecule has 1 heterocycles. The Morgan fingerprint density at radius 3 is 2.56 bits per heavy atom. The molecule has 1 aromatic heterocycles. The number of nitrogens with one attached hydrogen (secondary N) is 1. The number of benzene rings is 2. The maximum Gasteiger partial charge on any atom is 0.287 e. The van der Waals surface area contributed by atoms with Crippen LogP contribution >= 0.6 is 0 Å². The van der Waals surface area contributed by atoms with E-state index < -0.39 is 5.91 Å². The van der Waals surface area contributed by atoms with Crippen molar-refractivity contribution < 1.29 is 13.9 Å². The van der Waals surface area contributed by atoms with Gasteiger partial charge in [-0.25, -0.2) is 0 Å². The summed E-state index contributed by atoms with van der Waals surface area (Å²) in [5.74, 6) is 0.361. The van der Waals surface area contributed by atoms with E-state index in [-0.39, 0.29) is 17.3 Å². The predicted molar refractivity (Wildman–Crippen MR) is 95.9 cm³/mol. The highest BCUT2D eigenvalue weighted by atomic mass is 16.5. The van der Waals surface area contributed by atoms with Crippen molar-refractivity contribution in [2.24, 2.45) is 0 Å². The van der Waals surface area contributed by atoms with E-state index >= 15 is 0 Å². The summed E-state index contributed by atoms with van der Waals surface area (Å²) in [5.41, 5.74) is 1.09. The molecule has 0 aliphatic heterocycles. The van der Waals surface area contributed by atoms with Gasteiger partial charge in [0.25, 0.3) is 5.91 Å². The smallest absolute Gasteiger partial charge is 0.287 e. The second-order valence-corrected chi connectivity index (χ2v) is 5.96. The number of amides is 1. The molecule has 3 aromatic rings. The largest absolute Gasteiger partial charge is 0.491 e. The van der Waals surface area contributed by atoms with Crippen LogP contribution in [0.2, 0.25) is 0 Å². The van der Waals surface area contributed by atoms with Gasteiger partial charge in [0.05, 0.1) is 11.5 Å². The fourth-order valence-electron chi connectivity index (χ4n) is 2.44. The van der Waals surface area contributed by atoms with E-state index in [1.54, 1.807) is 24.3 Å². The Balaban J connectivity index is 1.69. The van der Waals surface area contributed by atoms with Gasteiger partial charge < -0.3 is 14.5 Å². The molecule has 0 spiro atoms. The molecule has 0 aliphatic rings. The van der Waals surface area contributed by atoms with Gasteiger partial charge >= 0.3 is 0 Å². The molecule has 3 rings (SSSR count). The maximum absolute atomic E-state index is 12.3. The molecule has 0 aliphatic carbocycles. The summed E-state index contributed by atoms with van der Waals surface area (Å²) >= 11 is 0. The molecular weight excluding hydrogens is 318 g/mol. The summed E-state index contributed by atoms with van der Waals surface area (Å²) < 4.78 is 11.1. The van der Waals surface area contributed by atoms with Crippen LogP contribution in [-0.2, 0) is 6.54 Å². The van der Waals surface area contributed by atoms with Crippen molar-refractivity contribution in [3.8, 4) is 5.75 Å². The third kappa shape index (κ3) is 4.07. The molecular formula is C20H19NO4. The molecule has 0 radical (unpaired) electrons.